The lowest BCUT2D eigenvalue weighted by molar-refractivity contribution is 0.0679. The smallest absolute Gasteiger partial charge is 0.272 e. The Kier molecular flexibility index (Phi) is 4.89. The Labute approximate surface area is 158 Å². The van der Waals surface area contributed by atoms with Crippen LogP contribution in [0.2, 0.25) is 0 Å². The molecule has 0 bridgehead atoms. The van der Waals surface area contributed by atoms with Crippen LogP contribution in [0.15, 0.2) is 53.9 Å². The lowest BCUT2D eigenvalue weighted by Gasteiger charge is -2.32. The van der Waals surface area contributed by atoms with Crippen molar-refractivity contribution >= 4 is 17.2 Å². The van der Waals surface area contributed by atoms with Gasteiger partial charge >= 0.3 is 0 Å². The molecular formula is C21H23N3OS. The van der Waals surface area contributed by atoms with Crippen LogP contribution in [-0.4, -0.2) is 33.7 Å². The average Bonchev–Trinajstić information content (AvgIpc) is 3.32. The molecule has 1 aliphatic rings. The summed E-state index contributed by atoms with van der Waals surface area (Å²) >= 11 is 1.65. The number of rotatable bonds is 4. The van der Waals surface area contributed by atoms with Crippen molar-refractivity contribution in [3.63, 3.8) is 0 Å². The molecule has 0 unspecified atom stereocenters. The Bertz CT molecular complexity index is 862. The molecule has 3 heterocycles. The van der Waals surface area contributed by atoms with Crippen molar-refractivity contribution in [3.8, 4) is 10.6 Å². The highest BCUT2D eigenvalue weighted by Gasteiger charge is 2.26. The van der Waals surface area contributed by atoms with Crippen LogP contribution in [0.4, 0.5) is 0 Å². The van der Waals surface area contributed by atoms with Gasteiger partial charge < -0.3 is 4.90 Å². The summed E-state index contributed by atoms with van der Waals surface area (Å²) in [6.07, 6.45) is 3.24. The van der Waals surface area contributed by atoms with Crippen LogP contribution in [-0.2, 0) is 13.5 Å². The van der Waals surface area contributed by atoms with E-state index in [9.17, 15) is 4.79 Å². The molecule has 5 heteroatoms. The van der Waals surface area contributed by atoms with Gasteiger partial charge in [-0.25, -0.2) is 0 Å². The summed E-state index contributed by atoms with van der Waals surface area (Å²) in [6, 6.07) is 16.6. The maximum absolute atomic E-state index is 12.9. The Morgan fingerprint density at radius 1 is 1.15 bits per heavy atom. The van der Waals surface area contributed by atoms with Crippen LogP contribution in [0.3, 0.4) is 0 Å². The van der Waals surface area contributed by atoms with Gasteiger partial charge in [0, 0.05) is 20.1 Å². The van der Waals surface area contributed by atoms with Gasteiger partial charge in [-0.2, -0.15) is 5.10 Å². The lowest BCUT2D eigenvalue weighted by Crippen LogP contribution is -2.39. The van der Waals surface area contributed by atoms with E-state index in [0.29, 0.717) is 11.6 Å². The maximum atomic E-state index is 12.9. The third-order valence-corrected chi connectivity index (χ3v) is 6.03. The third kappa shape index (κ3) is 3.58. The number of piperidine rings is 1. The van der Waals surface area contributed by atoms with Crippen LogP contribution >= 0.6 is 11.3 Å². The third-order valence-electron chi connectivity index (χ3n) is 5.14. The number of aryl methyl sites for hydroxylation is 1. The van der Waals surface area contributed by atoms with Crippen molar-refractivity contribution in [2.75, 3.05) is 13.1 Å². The molecule has 1 aliphatic heterocycles. The number of hydrogen-bond acceptors (Lipinski definition) is 3. The Balaban J connectivity index is 1.39. The zero-order chi connectivity index (χ0) is 17.9. The maximum Gasteiger partial charge on any atom is 0.272 e. The topological polar surface area (TPSA) is 38.1 Å². The number of benzene rings is 1. The molecule has 1 amide bonds. The molecular weight excluding hydrogens is 342 g/mol. The molecule has 134 valence electrons. The SMILES string of the molecule is Cn1nc(-c2cccs2)cc1C(=O)N1CCC(Cc2ccccc2)CC1. The summed E-state index contributed by atoms with van der Waals surface area (Å²) in [5.74, 6) is 0.760. The number of nitrogens with zero attached hydrogens (tertiary/aromatic N) is 3. The molecule has 4 rings (SSSR count). The fourth-order valence-electron chi connectivity index (χ4n) is 3.66. The van der Waals surface area contributed by atoms with Gasteiger partial charge in [-0.05, 0) is 48.3 Å². The first kappa shape index (κ1) is 17.0. The second kappa shape index (κ2) is 7.46. The Morgan fingerprint density at radius 3 is 2.62 bits per heavy atom. The summed E-state index contributed by atoms with van der Waals surface area (Å²) in [6.45, 7) is 1.66. The molecule has 1 saturated heterocycles. The number of thiophene rings is 1. The molecule has 3 aromatic rings. The first-order chi connectivity index (χ1) is 12.7. The van der Waals surface area contributed by atoms with Crippen molar-refractivity contribution in [2.45, 2.75) is 19.3 Å². The van der Waals surface area contributed by atoms with E-state index < -0.39 is 0 Å². The molecule has 0 saturated carbocycles. The van der Waals surface area contributed by atoms with Crippen molar-refractivity contribution in [3.05, 3.63) is 65.2 Å². The normalized spacial score (nSPS) is 15.3. The van der Waals surface area contributed by atoms with Crippen LogP contribution in [0.1, 0.15) is 28.9 Å². The van der Waals surface area contributed by atoms with Gasteiger partial charge in [0.15, 0.2) is 0 Å². The highest BCUT2D eigenvalue weighted by Crippen LogP contribution is 2.26. The molecule has 4 nitrogen and oxygen atoms in total. The van der Waals surface area contributed by atoms with Crippen LogP contribution < -0.4 is 0 Å². The van der Waals surface area contributed by atoms with Crippen LogP contribution in [0.25, 0.3) is 10.6 Å². The summed E-state index contributed by atoms with van der Waals surface area (Å²) in [7, 11) is 1.85. The van der Waals surface area contributed by atoms with E-state index in [1.54, 1.807) is 16.0 Å². The van der Waals surface area contributed by atoms with Crippen molar-refractivity contribution in [1.29, 1.82) is 0 Å². The standard InChI is InChI=1S/C21H23N3OS/c1-23-19(15-18(22-23)20-8-5-13-26-20)21(25)24-11-9-17(10-12-24)14-16-6-3-2-4-7-16/h2-8,13,15,17H,9-12,14H2,1H3. The summed E-state index contributed by atoms with van der Waals surface area (Å²) in [5.41, 5.74) is 2.95. The zero-order valence-corrected chi connectivity index (χ0v) is 15.8. The zero-order valence-electron chi connectivity index (χ0n) is 15.0. The predicted octanol–water partition coefficient (Wildman–Crippen LogP) is 4.24. The van der Waals surface area contributed by atoms with Gasteiger partial charge in [0.25, 0.3) is 5.91 Å². The molecule has 0 spiro atoms. The van der Waals surface area contributed by atoms with E-state index in [2.05, 4.69) is 35.4 Å². The number of carbonyl (C=O) groups excluding carboxylic acids is 1. The van der Waals surface area contributed by atoms with E-state index in [4.69, 9.17) is 0 Å². The highest BCUT2D eigenvalue weighted by atomic mass is 32.1. The van der Waals surface area contributed by atoms with E-state index in [-0.39, 0.29) is 5.91 Å². The van der Waals surface area contributed by atoms with Crippen molar-refractivity contribution in [2.24, 2.45) is 13.0 Å². The summed E-state index contributed by atoms with van der Waals surface area (Å²) in [5, 5.41) is 6.55. The number of hydrogen-bond donors (Lipinski definition) is 0. The molecule has 0 atom stereocenters. The van der Waals surface area contributed by atoms with Crippen LogP contribution in [0.5, 0.6) is 0 Å². The highest BCUT2D eigenvalue weighted by molar-refractivity contribution is 7.13. The quantitative estimate of drug-likeness (QED) is 0.693. The van der Waals surface area contributed by atoms with Crippen molar-refractivity contribution in [1.82, 2.24) is 14.7 Å². The van der Waals surface area contributed by atoms with E-state index in [1.807, 2.05) is 35.5 Å². The number of likely N-dealkylation sites (tertiary alicyclic amines) is 1. The van der Waals surface area contributed by atoms with Gasteiger partial charge in [-0.1, -0.05) is 36.4 Å². The fourth-order valence-corrected chi connectivity index (χ4v) is 4.34. The molecule has 0 N–H and O–H groups in total. The molecule has 26 heavy (non-hydrogen) atoms. The molecule has 0 radical (unpaired) electrons. The number of aromatic nitrogens is 2. The van der Waals surface area contributed by atoms with Gasteiger partial charge in [0.2, 0.25) is 0 Å². The number of amides is 1. The number of carbonyl (C=O) groups is 1. The monoisotopic (exact) mass is 365 g/mol. The minimum absolute atomic E-state index is 0.0981. The molecule has 1 fully saturated rings. The lowest BCUT2D eigenvalue weighted by atomic mass is 9.90. The summed E-state index contributed by atoms with van der Waals surface area (Å²) < 4.78 is 1.72. The molecule has 2 aromatic heterocycles. The Morgan fingerprint density at radius 2 is 1.92 bits per heavy atom. The minimum Gasteiger partial charge on any atom is -0.337 e. The van der Waals surface area contributed by atoms with Gasteiger partial charge in [-0.15, -0.1) is 11.3 Å². The van der Waals surface area contributed by atoms with E-state index in [1.165, 1.54) is 5.56 Å². The average molecular weight is 366 g/mol. The van der Waals surface area contributed by atoms with Crippen molar-refractivity contribution < 1.29 is 4.79 Å². The van der Waals surface area contributed by atoms with Gasteiger partial charge in [-0.3, -0.25) is 9.48 Å². The second-order valence-corrected chi connectivity index (χ2v) is 7.89. The molecule has 0 aliphatic carbocycles. The Hall–Kier alpha value is -2.40. The first-order valence-electron chi connectivity index (χ1n) is 9.12. The largest absolute Gasteiger partial charge is 0.337 e. The first-order valence-corrected chi connectivity index (χ1v) is 10.00. The summed E-state index contributed by atoms with van der Waals surface area (Å²) in [4.78, 5) is 16.0. The van der Waals surface area contributed by atoms with Gasteiger partial charge in [0.05, 0.1) is 4.88 Å². The predicted molar refractivity (Wildman–Crippen MR) is 105 cm³/mol. The van der Waals surface area contributed by atoms with Gasteiger partial charge in [0.1, 0.15) is 11.4 Å². The van der Waals surface area contributed by atoms with E-state index in [0.717, 1.165) is 42.9 Å². The van der Waals surface area contributed by atoms with E-state index >= 15 is 0 Å². The minimum atomic E-state index is 0.0981. The second-order valence-electron chi connectivity index (χ2n) is 6.94. The van der Waals surface area contributed by atoms with Crippen LogP contribution in [0, 0.1) is 5.92 Å². The molecule has 1 aromatic carbocycles. The fraction of sp³-hybridized carbons (Fsp3) is 0.333.